The summed E-state index contributed by atoms with van der Waals surface area (Å²) >= 11 is 1.38. The highest BCUT2D eigenvalue weighted by Gasteiger charge is 2.41. The number of hydrogen-bond donors (Lipinski definition) is 1. The number of carbonyl (C=O) groups excluding carboxylic acids is 2. The summed E-state index contributed by atoms with van der Waals surface area (Å²) < 4.78 is 11.4. The number of ketones is 1. The Morgan fingerprint density at radius 2 is 1.97 bits per heavy atom. The monoisotopic (exact) mass is 541 g/mol. The summed E-state index contributed by atoms with van der Waals surface area (Å²) in [7, 11) is 0. The van der Waals surface area contributed by atoms with Gasteiger partial charge in [-0.05, 0) is 85.1 Å². The van der Waals surface area contributed by atoms with Crippen molar-refractivity contribution < 1.29 is 24.2 Å². The molecule has 7 heteroatoms. The maximum atomic E-state index is 14.1. The normalized spacial score (nSPS) is 27.8. The summed E-state index contributed by atoms with van der Waals surface area (Å²) in [5.74, 6) is 6.43. The molecule has 2 atom stereocenters. The van der Waals surface area contributed by atoms with Crippen LogP contribution in [0.15, 0.2) is 17.7 Å². The second-order valence-corrected chi connectivity index (χ2v) is 13.4. The molecule has 1 aromatic heterocycles. The Labute approximate surface area is 231 Å². The van der Waals surface area contributed by atoms with Gasteiger partial charge in [0.1, 0.15) is 0 Å². The van der Waals surface area contributed by atoms with E-state index in [9.17, 15) is 14.7 Å². The third kappa shape index (κ3) is 7.35. The lowest BCUT2D eigenvalue weighted by Crippen LogP contribution is -2.50. The van der Waals surface area contributed by atoms with Crippen molar-refractivity contribution in [2.24, 2.45) is 11.3 Å². The van der Waals surface area contributed by atoms with Crippen molar-refractivity contribution >= 4 is 28.7 Å². The number of hydrogen-bond acceptors (Lipinski definition) is 6. The minimum atomic E-state index is -0.903. The zero-order valence-corrected chi connectivity index (χ0v) is 24.4. The predicted octanol–water partition coefficient (Wildman–Crippen LogP) is 5.91. The largest absolute Gasteiger partial charge is 0.387 e. The number of rotatable bonds is 7. The predicted molar refractivity (Wildman–Crippen MR) is 152 cm³/mol. The fourth-order valence-corrected chi connectivity index (χ4v) is 6.36. The van der Waals surface area contributed by atoms with Gasteiger partial charge in [0.2, 0.25) is 5.91 Å². The summed E-state index contributed by atoms with van der Waals surface area (Å²) in [5.41, 5.74) is 0.949. The van der Waals surface area contributed by atoms with Crippen LogP contribution >= 0.6 is 11.3 Å². The van der Waals surface area contributed by atoms with Crippen LogP contribution in [0.5, 0.6) is 0 Å². The number of anilines is 1. The molecule has 0 spiro atoms. The number of nitrogens with zero attached hydrogens (tertiary/aromatic N) is 1. The SMILES string of the molecule is CC(=O)c1sc(C#CC(C)(C)C)cc1N(C(=O)[C@H]1CC=C(C)CC1)[C@H]1CC[C@](O)(CO[C@H]2CCOC2)CC1. The Morgan fingerprint density at radius 1 is 1.24 bits per heavy atom. The van der Waals surface area contributed by atoms with Crippen molar-refractivity contribution in [3.8, 4) is 11.8 Å². The molecule has 3 aliphatic rings. The van der Waals surface area contributed by atoms with E-state index in [1.807, 2.05) is 11.0 Å². The van der Waals surface area contributed by atoms with Gasteiger partial charge < -0.3 is 19.5 Å². The Bertz CT molecular complexity index is 1100. The summed E-state index contributed by atoms with van der Waals surface area (Å²) in [5, 5.41) is 11.3. The molecule has 6 nitrogen and oxygen atoms in total. The van der Waals surface area contributed by atoms with Gasteiger partial charge in [-0.25, -0.2) is 0 Å². The summed E-state index contributed by atoms with van der Waals surface area (Å²) in [6.07, 6.45) is 7.97. The van der Waals surface area contributed by atoms with E-state index >= 15 is 0 Å². The van der Waals surface area contributed by atoms with E-state index in [1.165, 1.54) is 16.9 Å². The second-order valence-electron chi connectivity index (χ2n) is 12.4. The van der Waals surface area contributed by atoms with Gasteiger partial charge in [0.05, 0.1) is 40.4 Å². The van der Waals surface area contributed by atoms with Gasteiger partial charge in [-0.3, -0.25) is 9.59 Å². The molecule has 1 aromatic rings. The molecule has 38 heavy (non-hydrogen) atoms. The lowest BCUT2D eigenvalue weighted by atomic mass is 9.81. The van der Waals surface area contributed by atoms with Gasteiger partial charge in [0.15, 0.2) is 5.78 Å². The third-order valence-electron chi connectivity index (χ3n) is 7.80. The van der Waals surface area contributed by atoms with Crippen molar-refractivity contribution in [3.05, 3.63) is 27.5 Å². The molecule has 4 rings (SSSR count). The van der Waals surface area contributed by atoms with Crippen LogP contribution in [0, 0.1) is 23.2 Å². The Balaban J connectivity index is 1.60. The number of thiophene rings is 1. The summed E-state index contributed by atoms with van der Waals surface area (Å²) in [4.78, 5) is 30.2. The molecular weight excluding hydrogens is 498 g/mol. The highest BCUT2D eigenvalue weighted by Crippen LogP contribution is 2.40. The van der Waals surface area contributed by atoms with Crippen molar-refractivity contribution in [2.45, 2.75) is 104 Å². The molecule has 0 bridgehead atoms. The van der Waals surface area contributed by atoms with E-state index in [2.05, 4.69) is 45.6 Å². The van der Waals surface area contributed by atoms with Gasteiger partial charge in [-0.2, -0.15) is 0 Å². The van der Waals surface area contributed by atoms with E-state index < -0.39 is 5.60 Å². The van der Waals surface area contributed by atoms with E-state index in [1.54, 1.807) is 6.92 Å². The molecule has 1 N–H and O–H groups in total. The minimum Gasteiger partial charge on any atom is -0.387 e. The van der Waals surface area contributed by atoms with Crippen LogP contribution in [0.25, 0.3) is 0 Å². The zero-order valence-electron chi connectivity index (χ0n) is 23.6. The van der Waals surface area contributed by atoms with Crippen molar-refractivity contribution in [1.82, 2.24) is 0 Å². The van der Waals surface area contributed by atoms with Gasteiger partial charge in [0.25, 0.3) is 0 Å². The van der Waals surface area contributed by atoms with Crippen LogP contribution in [-0.4, -0.2) is 54.4 Å². The molecule has 208 valence electrons. The van der Waals surface area contributed by atoms with Crippen LogP contribution < -0.4 is 4.90 Å². The molecule has 2 heterocycles. The molecule has 1 saturated carbocycles. The number of aliphatic hydroxyl groups is 1. The molecule has 2 fully saturated rings. The highest BCUT2D eigenvalue weighted by molar-refractivity contribution is 7.15. The van der Waals surface area contributed by atoms with E-state index in [-0.39, 0.29) is 41.8 Å². The van der Waals surface area contributed by atoms with E-state index in [0.717, 1.165) is 30.6 Å². The average molecular weight is 542 g/mol. The molecule has 0 radical (unpaired) electrons. The van der Waals surface area contributed by atoms with Crippen LogP contribution in [-0.2, 0) is 14.3 Å². The molecular formula is C31H43NO5S. The first-order valence-corrected chi connectivity index (χ1v) is 14.8. The first-order valence-electron chi connectivity index (χ1n) is 14.0. The standard InChI is InChI=1S/C31H43NO5S/c1-21-6-8-23(9-7-21)29(34)32(27-18-26(12-14-30(3,4)5)38-28(27)22(2)33)24-10-15-31(35,16-11-24)20-37-25-13-17-36-19-25/h6,18,23-25,35H,7-11,13,15-17,19-20H2,1-5H3/t23-,24-,25-,31+/m0/s1. The Morgan fingerprint density at radius 3 is 2.55 bits per heavy atom. The highest BCUT2D eigenvalue weighted by atomic mass is 32.1. The van der Waals surface area contributed by atoms with Gasteiger partial charge >= 0.3 is 0 Å². The summed E-state index contributed by atoms with van der Waals surface area (Å²) in [6.45, 7) is 11.4. The molecule has 1 amide bonds. The van der Waals surface area contributed by atoms with Crippen molar-refractivity contribution in [3.63, 3.8) is 0 Å². The quantitative estimate of drug-likeness (QED) is 0.264. The number of carbonyl (C=O) groups is 2. The van der Waals surface area contributed by atoms with Crippen LogP contribution in [0.1, 0.15) is 101 Å². The second kappa shape index (κ2) is 12.0. The average Bonchev–Trinajstić information content (AvgIpc) is 3.53. The number of ether oxygens (including phenoxy) is 2. The third-order valence-corrected chi connectivity index (χ3v) is 8.94. The van der Waals surface area contributed by atoms with Gasteiger partial charge in [0, 0.05) is 30.9 Å². The number of amides is 1. The number of allylic oxidation sites excluding steroid dienone is 2. The van der Waals surface area contributed by atoms with E-state index in [4.69, 9.17) is 9.47 Å². The number of Topliss-reactive ketones (excluding diaryl/α,β-unsaturated/α-hetero) is 1. The molecule has 1 aliphatic heterocycles. The topological polar surface area (TPSA) is 76.1 Å². The van der Waals surface area contributed by atoms with E-state index in [0.29, 0.717) is 49.5 Å². The molecule has 0 aromatic carbocycles. The van der Waals surface area contributed by atoms with Crippen LogP contribution in [0.3, 0.4) is 0 Å². The van der Waals surface area contributed by atoms with Crippen molar-refractivity contribution in [1.29, 1.82) is 0 Å². The van der Waals surface area contributed by atoms with Gasteiger partial charge in [-0.1, -0.05) is 23.5 Å². The van der Waals surface area contributed by atoms with Gasteiger partial charge in [-0.15, -0.1) is 11.3 Å². The van der Waals surface area contributed by atoms with Crippen LogP contribution in [0.4, 0.5) is 5.69 Å². The zero-order chi connectivity index (χ0) is 27.5. The first kappa shape index (κ1) is 29.0. The Kier molecular flexibility index (Phi) is 9.19. The lowest BCUT2D eigenvalue weighted by Gasteiger charge is -2.42. The maximum Gasteiger partial charge on any atom is 0.230 e. The maximum absolute atomic E-state index is 14.1. The molecule has 2 aliphatic carbocycles. The molecule has 1 saturated heterocycles. The van der Waals surface area contributed by atoms with Crippen LogP contribution in [0.2, 0.25) is 0 Å². The first-order chi connectivity index (χ1) is 17.9. The smallest absolute Gasteiger partial charge is 0.230 e. The Hall–Kier alpha value is -1.98. The fourth-order valence-electron chi connectivity index (χ4n) is 5.46. The van der Waals surface area contributed by atoms with Crippen molar-refractivity contribution in [2.75, 3.05) is 24.7 Å². The lowest BCUT2D eigenvalue weighted by molar-refractivity contribution is -0.124. The minimum absolute atomic E-state index is 0.0502. The summed E-state index contributed by atoms with van der Waals surface area (Å²) in [6, 6.07) is 1.85. The molecule has 0 unspecified atom stereocenters. The fraction of sp³-hybridized carbons (Fsp3) is 0.677.